The molecule has 3 aromatic rings. The van der Waals surface area contributed by atoms with Gasteiger partial charge < -0.3 is 9.73 Å². The van der Waals surface area contributed by atoms with Crippen molar-refractivity contribution in [3.8, 4) is 11.3 Å². The third kappa shape index (κ3) is 6.60. The molecule has 0 radical (unpaired) electrons. The van der Waals surface area contributed by atoms with Crippen molar-refractivity contribution in [2.75, 3.05) is 13.1 Å². The Bertz CT molecular complexity index is 909. The maximum Gasteiger partial charge on any atom is 0.134 e. The topological polar surface area (TPSA) is 28.4 Å². The summed E-state index contributed by atoms with van der Waals surface area (Å²) in [5.74, 6) is 1.94. The van der Waals surface area contributed by atoms with Crippen LogP contribution in [-0.2, 0) is 13.1 Å². The smallest absolute Gasteiger partial charge is 0.134 e. The highest BCUT2D eigenvalue weighted by atomic mass is 79.9. The summed E-state index contributed by atoms with van der Waals surface area (Å²) in [6, 6.07) is 21.8. The first-order valence-electron chi connectivity index (χ1n) is 10.0. The first kappa shape index (κ1) is 25.0. The van der Waals surface area contributed by atoms with Crippen molar-refractivity contribution in [3.63, 3.8) is 0 Å². The quantitative estimate of drug-likeness (QED) is 0.403. The second-order valence-electron chi connectivity index (χ2n) is 7.65. The Labute approximate surface area is 200 Å². The van der Waals surface area contributed by atoms with Crippen molar-refractivity contribution in [1.82, 2.24) is 10.2 Å². The van der Waals surface area contributed by atoms with Crippen LogP contribution in [-0.4, -0.2) is 24.0 Å². The lowest BCUT2D eigenvalue weighted by Crippen LogP contribution is -2.41. The number of benzene rings is 2. The summed E-state index contributed by atoms with van der Waals surface area (Å²) < 4.78 is 7.20. The molecule has 0 unspecified atom stereocenters. The van der Waals surface area contributed by atoms with Crippen molar-refractivity contribution in [2.45, 2.75) is 38.9 Å². The summed E-state index contributed by atoms with van der Waals surface area (Å²) in [4.78, 5) is 2.55. The Morgan fingerprint density at radius 3 is 2.43 bits per heavy atom. The lowest BCUT2D eigenvalue weighted by atomic mass is 10.0. The van der Waals surface area contributed by atoms with E-state index in [-0.39, 0.29) is 24.8 Å². The summed E-state index contributed by atoms with van der Waals surface area (Å²) in [5, 5.41) is 3.68. The maximum atomic E-state index is 6.07. The average Bonchev–Trinajstić information content (AvgIpc) is 3.19. The van der Waals surface area contributed by atoms with Gasteiger partial charge in [-0.3, -0.25) is 4.90 Å². The minimum absolute atomic E-state index is 0. The van der Waals surface area contributed by atoms with E-state index in [2.05, 4.69) is 93.7 Å². The lowest BCUT2D eigenvalue weighted by Gasteiger charge is -2.32. The highest BCUT2D eigenvalue weighted by Crippen LogP contribution is 2.26. The fourth-order valence-corrected chi connectivity index (χ4v) is 4.05. The SMILES string of the molecule is Cc1cc(-c2ccc(CNC3CCN(Cc4ccccc4)CC3)o2)ccc1Br.Cl.Cl. The van der Waals surface area contributed by atoms with Crippen LogP contribution in [0.25, 0.3) is 11.3 Å². The molecule has 30 heavy (non-hydrogen) atoms. The van der Waals surface area contributed by atoms with Crippen LogP contribution >= 0.6 is 40.7 Å². The largest absolute Gasteiger partial charge is 0.460 e. The molecule has 0 atom stereocenters. The molecule has 2 aromatic carbocycles. The molecule has 4 rings (SSSR count). The Kier molecular flexibility index (Phi) is 9.92. The Morgan fingerprint density at radius 1 is 1.00 bits per heavy atom. The standard InChI is InChI=1S/C24H27BrN2O.2ClH/c1-18-15-20(7-9-23(18)25)24-10-8-22(28-24)16-26-21-11-13-27(14-12-21)17-19-5-3-2-4-6-19;;/h2-10,15,21,26H,11-14,16-17H2,1H3;2*1H. The van der Waals surface area contributed by atoms with Crippen molar-refractivity contribution in [1.29, 1.82) is 0 Å². The van der Waals surface area contributed by atoms with Crippen LogP contribution in [0.4, 0.5) is 0 Å². The first-order valence-corrected chi connectivity index (χ1v) is 10.8. The highest BCUT2D eigenvalue weighted by Gasteiger charge is 2.19. The van der Waals surface area contributed by atoms with Gasteiger partial charge in [0.25, 0.3) is 0 Å². The van der Waals surface area contributed by atoms with Gasteiger partial charge >= 0.3 is 0 Å². The van der Waals surface area contributed by atoms with Crippen LogP contribution in [0.2, 0.25) is 0 Å². The molecule has 162 valence electrons. The molecule has 1 fully saturated rings. The fourth-order valence-electron chi connectivity index (χ4n) is 3.81. The van der Waals surface area contributed by atoms with Crippen molar-refractivity contribution in [3.05, 3.63) is 82.0 Å². The summed E-state index contributed by atoms with van der Waals surface area (Å²) in [6.45, 7) is 6.24. The van der Waals surface area contributed by atoms with Gasteiger partial charge in [0.05, 0.1) is 6.54 Å². The molecule has 6 heteroatoms. The Hall–Kier alpha value is -1.30. The second-order valence-corrected chi connectivity index (χ2v) is 8.50. The van der Waals surface area contributed by atoms with E-state index in [4.69, 9.17) is 4.42 Å². The Balaban J connectivity index is 0.00000160. The molecule has 1 aliphatic rings. The lowest BCUT2D eigenvalue weighted by molar-refractivity contribution is 0.189. The van der Waals surface area contributed by atoms with Crippen LogP contribution in [0.1, 0.15) is 29.7 Å². The summed E-state index contributed by atoms with van der Waals surface area (Å²) >= 11 is 3.55. The van der Waals surface area contributed by atoms with Gasteiger partial charge in [-0.15, -0.1) is 24.8 Å². The number of piperidine rings is 1. The monoisotopic (exact) mass is 510 g/mol. The van der Waals surface area contributed by atoms with E-state index in [1.807, 2.05) is 0 Å². The molecular formula is C24H29BrCl2N2O. The summed E-state index contributed by atoms with van der Waals surface area (Å²) in [7, 11) is 0. The minimum atomic E-state index is 0. The van der Waals surface area contributed by atoms with E-state index in [0.29, 0.717) is 6.04 Å². The van der Waals surface area contributed by atoms with Crippen molar-refractivity contribution >= 4 is 40.7 Å². The normalized spacial score (nSPS) is 14.7. The number of nitrogens with zero attached hydrogens (tertiary/aromatic N) is 1. The Morgan fingerprint density at radius 2 is 1.73 bits per heavy atom. The number of furan rings is 1. The van der Waals surface area contributed by atoms with E-state index in [0.717, 1.165) is 47.7 Å². The zero-order chi connectivity index (χ0) is 19.3. The van der Waals surface area contributed by atoms with Gasteiger partial charge in [-0.05, 0) is 68.2 Å². The number of aryl methyl sites for hydroxylation is 1. The van der Waals surface area contributed by atoms with E-state index in [1.54, 1.807) is 0 Å². The molecule has 0 amide bonds. The molecule has 2 heterocycles. The molecule has 1 saturated heterocycles. The number of nitrogens with one attached hydrogen (secondary N) is 1. The van der Waals surface area contributed by atoms with Crippen LogP contribution in [0.15, 0.2) is 69.6 Å². The first-order chi connectivity index (χ1) is 13.7. The zero-order valence-corrected chi connectivity index (χ0v) is 20.4. The van der Waals surface area contributed by atoms with Crippen LogP contribution < -0.4 is 5.32 Å². The van der Waals surface area contributed by atoms with E-state index >= 15 is 0 Å². The van der Waals surface area contributed by atoms with Crippen molar-refractivity contribution < 1.29 is 4.42 Å². The molecule has 0 spiro atoms. The third-order valence-electron chi connectivity index (χ3n) is 5.51. The average molecular weight is 512 g/mol. The van der Waals surface area contributed by atoms with E-state index in [1.165, 1.54) is 24.0 Å². The highest BCUT2D eigenvalue weighted by molar-refractivity contribution is 9.10. The number of hydrogen-bond acceptors (Lipinski definition) is 3. The van der Waals surface area contributed by atoms with Crippen LogP contribution in [0.5, 0.6) is 0 Å². The molecular weight excluding hydrogens is 483 g/mol. The van der Waals surface area contributed by atoms with Gasteiger partial charge in [-0.2, -0.15) is 0 Å². The summed E-state index contributed by atoms with van der Waals surface area (Å²) in [6.07, 6.45) is 2.37. The van der Waals surface area contributed by atoms with Gasteiger partial charge in [0.1, 0.15) is 11.5 Å². The minimum Gasteiger partial charge on any atom is -0.460 e. The second kappa shape index (κ2) is 11.9. The fraction of sp³-hybridized carbons (Fsp3) is 0.333. The third-order valence-corrected chi connectivity index (χ3v) is 6.40. The zero-order valence-electron chi connectivity index (χ0n) is 17.1. The molecule has 0 bridgehead atoms. The number of halogens is 3. The number of rotatable bonds is 6. The van der Waals surface area contributed by atoms with Gasteiger partial charge in [0, 0.05) is 22.6 Å². The van der Waals surface area contributed by atoms with Crippen LogP contribution in [0.3, 0.4) is 0 Å². The van der Waals surface area contributed by atoms with Gasteiger partial charge in [-0.25, -0.2) is 0 Å². The predicted octanol–water partition coefficient (Wildman–Crippen LogP) is 6.62. The van der Waals surface area contributed by atoms with Gasteiger partial charge in [-0.1, -0.05) is 52.3 Å². The summed E-state index contributed by atoms with van der Waals surface area (Å²) in [5.41, 5.74) is 3.75. The molecule has 0 aliphatic carbocycles. The van der Waals surface area contributed by atoms with Gasteiger partial charge in [0.2, 0.25) is 0 Å². The number of likely N-dealkylation sites (tertiary alicyclic amines) is 1. The van der Waals surface area contributed by atoms with Crippen LogP contribution in [0, 0.1) is 6.92 Å². The molecule has 0 saturated carbocycles. The van der Waals surface area contributed by atoms with Crippen molar-refractivity contribution in [2.24, 2.45) is 0 Å². The molecule has 3 nitrogen and oxygen atoms in total. The molecule has 1 aliphatic heterocycles. The van der Waals surface area contributed by atoms with E-state index < -0.39 is 0 Å². The predicted molar refractivity (Wildman–Crippen MR) is 133 cm³/mol. The molecule has 1 N–H and O–H groups in total. The van der Waals surface area contributed by atoms with E-state index in [9.17, 15) is 0 Å². The molecule has 1 aromatic heterocycles. The maximum absolute atomic E-state index is 6.07. The number of hydrogen-bond donors (Lipinski definition) is 1. The van der Waals surface area contributed by atoms with Gasteiger partial charge in [0.15, 0.2) is 0 Å².